The molecule has 5 aromatic rings. The highest BCUT2D eigenvalue weighted by Crippen LogP contribution is 2.55. The molecule has 37 heavy (non-hydrogen) atoms. The number of rotatable bonds is 2. The summed E-state index contributed by atoms with van der Waals surface area (Å²) < 4.78 is 12.7. The van der Waals surface area contributed by atoms with Gasteiger partial charge in [-0.25, -0.2) is 0 Å². The zero-order valence-electron chi connectivity index (χ0n) is 20.6. The van der Waals surface area contributed by atoms with Crippen LogP contribution in [0.15, 0.2) is 103 Å². The predicted molar refractivity (Wildman–Crippen MR) is 146 cm³/mol. The number of nitriles is 1. The summed E-state index contributed by atoms with van der Waals surface area (Å²) in [5.74, 6) is 2.92. The lowest BCUT2D eigenvalue weighted by atomic mass is 9.82. The number of hydrogen-bond donors (Lipinski definition) is 0. The second-order valence-corrected chi connectivity index (χ2v) is 10.2. The summed E-state index contributed by atoms with van der Waals surface area (Å²) in [6.07, 6.45) is 0. The van der Waals surface area contributed by atoms with E-state index in [2.05, 4.69) is 86.6 Å². The van der Waals surface area contributed by atoms with Crippen LogP contribution in [0.25, 0.3) is 33.4 Å². The van der Waals surface area contributed by atoms with Gasteiger partial charge in [-0.1, -0.05) is 80.6 Å². The Balaban J connectivity index is 1.22. The Labute approximate surface area is 216 Å². The predicted octanol–water partition coefficient (Wildman–Crippen LogP) is 9.10. The standard InChI is InChI=1S/C34H23NO2/c1-34(2)28-9-4-3-8-26(28)27-18-32-33(19-29(27)34)36-30-15-14-25(17-31(30)37-32)23-12-10-22(11-13-23)24-7-5-6-21(16-24)20-35/h3-19H,1-2H3. The van der Waals surface area contributed by atoms with Gasteiger partial charge in [0.15, 0.2) is 23.0 Å². The Morgan fingerprint density at radius 1 is 0.541 bits per heavy atom. The molecule has 0 amide bonds. The van der Waals surface area contributed by atoms with Gasteiger partial charge in [-0.15, -0.1) is 0 Å². The zero-order valence-corrected chi connectivity index (χ0v) is 20.6. The van der Waals surface area contributed by atoms with Crippen LogP contribution >= 0.6 is 0 Å². The van der Waals surface area contributed by atoms with E-state index in [1.54, 1.807) is 0 Å². The van der Waals surface area contributed by atoms with E-state index >= 15 is 0 Å². The number of benzene rings is 5. The van der Waals surface area contributed by atoms with Crippen molar-refractivity contribution in [1.82, 2.24) is 0 Å². The molecule has 0 N–H and O–H groups in total. The molecule has 176 valence electrons. The van der Waals surface area contributed by atoms with Gasteiger partial charge >= 0.3 is 0 Å². The van der Waals surface area contributed by atoms with Crippen molar-refractivity contribution in [2.45, 2.75) is 19.3 Å². The monoisotopic (exact) mass is 477 g/mol. The van der Waals surface area contributed by atoms with Gasteiger partial charge < -0.3 is 9.47 Å². The van der Waals surface area contributed by atoms with E-state index in [1.165, 1.54) is 22.3 Å². The minimum atomic E-state index is -0.0868. The average molecular weight is 478 g/mol. The molecule has 0 bridgehead atoms. The highest BCUT2D eigenvalue weighted by molar-refractivity contribution is 5.83. The maximum atomic E-state index is 9.20. The molecule has 0 atom stereocenters. The third kappa shape index (κ3) is 3.34. The van der Waals surface area contributed by atoms with E-state index in [-0.39, 0.29) is 5.41 Å². The fourth-order valence-electron chi connectivity index (χ4n) is 5.58. The lowest BCUT2D eigenvalue weighted by Gasteiger charge is -2.25. The van der Waals surface area contributed by atoms with E-state index in [9.17, 15) is 5.26 Å². The smallest absolute Gasteiger partial charge is 0.170 e. The molecule has 0 radical (unpaired) electrons. The molecular formula is C34H23NO2. The number of fused-ring (bicyclic) bond motifs is 5. The topological polar surface area (TPSA) is 42.2 Å². The zero-order chi connectivity index (χ0) is 25.1. The Hall–Kier alpha value is -4.81. The first-order valence-electron chi connectivity index (χ1n) is 12.4. The molecule has 2 aliphatic rings. The second kappa shape index (κ2) is 7.85. The lowest BCUT2D eigenvalue weighted by Crippen LogP contribution is -2.15. The summed E-state index contributed by atoms with van der Waals surface area (Å²) in [6, 6.07) is 37.2. The minimum Gasteiger partial charge on any atom is -0.450 e. The van der Waals surface area contributed by atoms with Crippen LogP contribution in [-0.4, -0.2) is 0 Å². The van der Waals surface area contributed by atoms with Gasteiger partial charge in [-0.2, -0.15) is 5.26 Å². The summed E-state index contributed by atoms with van der Waals surface area (Å²) in [5, 5.41) is 9.20. The maximum absolute atomic E-state index is 9.20. The molecule has 7 rings (SSSR count). The van der Waals surface area contributed by atoms with Crippen LogP contribution < -0.4 is 9.47 Å². The molecule has 5 aromatic carbocycles. The molecule has 0 saturated heterocycles. The number of nitrogens with zero attached hydrogens (tertiary/aromatic N) is 1. The first-order chi connectivity index (χ1) is 18.0. The van der Waals surface area contributed by atoms with Crippen molar-refractivity contribution in [3.8, 4) is 62.4 Å². The molecule has 3 nitrogen and oxygen atoms in total. The fourth-order valence-corrected chi connectivity index (χ4v) is 5.58. The van der Waals surface area contributed by atoms with Gasteiger partial charge in [-0.3, -0.25) is 0 Å². The molecule has 0 aromatic heterocycles. The summed E-state index contributed by atoms with van der Waals surface area (Å²) in [7, 11) is 0. The van der Waals surface area contributed by atoms with Crippen molar-refractivity contribution in [2.75, 3.05) is 0 Å². The van der Waals surface area contributed by atoms with Crippen molar-refractivity contribution >= 4 is 0 Å². The van der Waals surface area contributed by atoms with Crippen LogP contribution in [0, 0.1) is 11.3 Å². The van der Waals surface area contributed by atoms with Crippen molar-refractivity contribution < 1.29 is 9.47 Å². The Morgan fingerprint density at radius 2 is 1.19 bits per heavy atom. The molecule has 0 unspecified atom stereocenters. The Bertz CT molecular complexity index is 1760. The lowest BCUT2D eigenvalue weighted by molar-refractivity contribution is 0.359. The first-order valence-corrected chi connectivity index (χ1v) is 12.4. The van der Waals surface area contributed by atoms with Crippen LogP contribution in [0.4, 0.5) is 0 Å². The van der Waals surface area contributed by atoms with Gasteiger partial charge in [0, 0.05) is 5.41 Å². The van der Waals surface area contributed by atoms with E-state index in [0.717, 1.165) is 39.5 Å². The molecule has 1 aliphatic carbocycles. The van der Waals surface area contributed by atoms with Gasteiger partial charge in [0.2, 0.25) is 0 Å². The number of hydrogen-bond acceptors (Lipinski definition) is 3. The molecule has 0 saturated carbocycles. The molecule has 0 fully saturated rings. The third-order valence-corrected chi connectivity index (χ3v) is 7.57. The molecular weight excluding hydrogens is 454 g/mol. The molecule has 0 spiro atoms. The molecule has 3 heteroatoms. The maximum Gasteiger partial charge on any atom is 0.170 e. The second-order valence-electron chi connectivity index (χ2n) is 10.2. The number of ether oxygens (including phenoxy) is 2. The van der Waals surface area contributed by atoms with E-state index < -0.39 is 0 Å². The van der Waals surface area contributed by atoms with Crippen LogP contribution in [0.1, 0.15) is 30.5 Å². The summed E-state index contributed by atoms with van der Waals surface area (Å²) in [4.78, 5) is 0. The summed E-state index contributed by atoms with van der Waals surface area (Å²) in [5.41, 5.74) is 9.87. The van der Waals surface area contributed by atoms with Crippen LogP contribution in [-0.2, 0) is 5.41 Å². The SMILES string of the molecule is CC1(C)c2ccccc2-c2cc3c(cc21)Oc1ccc(-c2ccc(-c4cccc(C#N)c4)cc2)cc1O3. The van der Waals surface area contributed by atoms with Gasteiger partial charge in [-0.05, 0) is 80.9 Å². The molecule has 1 aliphatic heterocycles. The van der Waals surface area contributed by atoms with Gasteiger partial charge in [0.1, 0.15) is 0 Å². The minimum absolute atomic E-state index is 0.0868. The largest absolute Gasteiger partial charge is 0.450 e. The quantitative estimate of drug-likeness (QED) is 0.250. The Kier molecular flexibility index (Phi) is 4.55. The third-order valence-electron chi connectivity index (χ3n) is 7.57. The normalized spacial score (nSPS) is 13.8. The van der Waals surface area contributed by atoms with Gasteiger partial charge in [0.05, 0.1) is 11.6 Å². The van der Waals surface area contributed by atoms with Crippen LogP contribution in [0.2, 0.25) is 0 Å². The van der Waals surface area contributed by atoms with Crippen molar-refractivity contribution in [2.24, 2.45) is 0 Å². The Morgan fingerprint density at radius 3 is 1.97 bits per heavy atom. The first kappa shape index (κ1) is 21.5. The van der Waals surface area contributed by atoms with Crippen molar-refractivity contribution in [3.05, 3.63) is 120 Å². The van der Waals surface area contributed by atoms with Crippen LogP contribution in [0.5, 0.6) is 23.0 Å². The van der Waals surface area contributed by atoms with E-state index in [1.807, 2.05) is 36.4 Å². The molecule has 1 heterocycles. The van der Waals surface area contributed by atoms with Gasteiger partial charge in [0.25, 0.3) is 0 Å². The van der Waals surface area contributed by atoms with Crippen molar-refractivity contribution in [3.63, 3.8) is 0 Å². The summed E-state index contributed by atoms with van der Waals surface area (Å²) >= 11 is 0. The summed E-state index contributed by atoms with van der Waals surface area (Å²) in [6.45, 7) is 4.53. The van der Waals surface area contributed by atoms with E-state index in [4.69, 9.17) is 9.47 Å². The van der Waals surface area contributed by atoms with Crippen molar-refractivity contribution in [1.29, 1.82) is 5.26 Å². The highest BCUT2D eigenvalue weighted by Gasteiger charge is 2.37. The van der Waals surface area contributed by atoms with Crippen LogP contribution in [0.3, 0.4) is 0 Å². The fraction of sp³-hybridized carbons (Fsp3) is 0.0882. The van der Waals surface area contributed by atoms with E-state index in [0.29, 0.717) is 11.3 Å². The highest BCUT2D eigenvalue weighted by atomic mass is 16.6. The average Bonchev–Trinajstić information content (AvgIpc) is 3.16.